The molecule has 1 heterocycles. The topological polar surface area (TPSA) is 36.0 Å². The Morgan fingerprint density at radius 2 is 1.66 bits per heavy atom. The fourth-order valence-corrected chi connectivity index (χ4v) is 5.35. The van der Waals surface area contributed by atoms with Crippen LogP contribution < -0.4 is 9.75 Å². The SMILES string of the molecule is CCN(CC)CCC1(c2ccccc2)C(=O)N(N(C)Cc2ccc(OC)cc2Cl)c2ccccc21. The molecule has 1 aliphatic heterocycles. The zero-order valence-electron chi connectivity index (χ0n) is 21.0. The minimum absolute atomic E-state index is 0.0733. The highest BCUT2D eigenvalue weighted by atomic mass is 35.5. The van der Waals surface area contributed by atoms with Gasteiger partial charge in [-0.3, -0.25) is 4.79 Å². The van der Waals surface area contributed by atoms with Gasteiger partial charge in [0, 0.05) is 18.6 Å². The van der Waals surface area contributed by atoms with Crippen molar-refractivity contribution in [2.45, 2.75) is 32.2 Å². The number of amides is 1. The van der Waals surface area contributed by atoms with Gasteiger partial charge < -0.3 is 9.64 Å². The Kier molecular flexibility index (Phi) is 7.80. The second-order valence-corrected chi connectivity index (χ2v) is 9.36. The van der Waals surface area contributed by atoms with Crippen molar-refractivity contribution in [2.75, 3.05) is 38.8 Å². The maximum atomic E-state index is 14.5. The first-order chi connectivity index (χ1) is 17.0. The van der Waals surface area contributed by atoms with Gasteiger partial charge in [0.2, 0.25) is 0 Å². The number of hydrazine groups is 1. The molecule has 1 unspecified atom stereocenters. The largest absolute Gasteiger partial charge is 0.497 e. The number of methoxy groups -OCH3 is 1. The number of anilines is 1. The molecule has 1 atom stereocenters. The molecule has 3 aromatic carbocycles. The highest BCUT2D eigenvalue weighted by Crippen LogP contribution is 2.49. The summed E-state index contributed by atoms with van der Waals surface area (Å²) in [4.78, 5) is 16.9. The Bertz CT molecular complexity index is 1170. The molecule has 1 aliphatic rings. The Hall–Kier alpha value is -2.86. The first-order valence-corrected chi connectivity index (χ1v) is 12.6. The number of hydrogen-bond acceptors (Lipinski definition) is 4. The smallest absolute Gasteiger partial charge is 0.256 e. The van der Waals surface area contributed by atoms with Crippen LogP contribution in [0.15, 0.2) is 72.8 Å². The average molecular weight is 492 g/mol. The molecule has 5 nitrogen and oxygen atoms in total. The third-order valence-electron chi connectivity index (χ3n) is 7.11. The van der Waals surface area contributed by atoms with Crippen molar-refractivity contribution in [3.8, 4) is 5.75 Å². The summed E-state index contributed by atoms with van der Waals surface area (Å²) in [5, 5.41) is 4.43. The van der Waals surface area contributed by atoms with Crippen molar-refractivity contribution in [3.05, 3.63) is 94.5 Å². The standard InChI is InChI=1S/C29H34ClN3O2/c1-5-32(6-2)19-18-29(23-12-8-7-9-13-23)25-14-10-11-15-27(25)33(28(29)34)31(3)21-22-16-17-24(35-4)20-26(22)30/h7-17,20H,5-6,18-19,21H2,1-4H3. The fourth-order valence-electron chi connectivity index (χ4n) is 5.12. The Morgan fingerprint density at radius 3 is 2.31 bits per heavy atom. The number of fused-ring (bicyclic) bond motifs is 1. The normalized spacial score (nSPS) is 17.3. The Labute approximate surface area is 213 Å². The number of carbonyl (C=O) groups is 1. The van der Waals surface area contributed by atoms with Crippen LogP contribution in [0.2, 0.25) is 5.02 Å². The maximum absolute atomic E-state index is 14.5. The van der Waals surface area contributed by atoms with E-state index in [2.05, 4.69) is 36.9 Å². The molecule has 6 heteroatoms. The van der Waals surface area contributed by atoms with Gasteiger partial charge in [0.25, 0.3) is 5.91 Å². The van der Waals surface area contributed by atoms with Gasteiger partial charge in [0.1, 0.15) is 11.2 Å². The first-order valence-electron chi connectivity index (χ1n) is 12.2. The van der Waals surface area contributed by atoms with Gasteiger partial charge in [-0.15, -0.1) is 0 Å². The van der Waals surface area contributed by atoms with E-state index >= 15 is 0 Å². The van der Waals surface area contributed by atoms with Gasteiger partial charge in [-0.05, 0) is 60.9 Å². The molecule has 0 radical (unpaired) electrons. The van der Waals surface area contributed by atoms with E-state index in [0.717, 1.165) is 42.0 Å². The molecule has 0 bridgehead atoms. The van der Waals surface area contributed by atoms with Crippen LogP contribution in [0, 0.1) is 0 Å². The zero-order valence-corrected chi connectivity index (χ0v) is 21.8. The summed E-state index contributed by atoms with van der Waals surface area (Å²) in [6.45, 7) is 7.57. The highest BCUT2D eigenvalue weighted by Gasteiger charge is 2.53. The molecule has 0 saturated carbocycles. The number of halogens is 1. The van der Waals surface area contributed by atoms with E-state index in [0.29, 0.717) is 23.7 Å². The predicted octanol–water partition coefficient (Wildman–Crippen LogP) is 5.76. The molecular formula is C29H34ClN3O2. The number of carbonyl (C=O) groups excluding carboxylic acids is 1. The predicted molar refractivity (Wildman–Crippen MR) is 143 cm³/mol. The van der Waals surface area contributed by atoms with E-state index < -0.39 is 5.41 Å². The van der Waals surface area contributed by atoms with Crippen LogP contribution in [-0.4, -0.2) is 49.6 Å². The fraction of sp³-hybridized carbons (Fsp3) is 0.345. The molecule has 0 aliphatic carbocycles. The summed E-state index contributed by atoms with van der Waals surface area (Å²) >= 11 is 6.55. The number of nitrogens with zero attached hydrogens (tertiary/aromatic N) is 3. The Morgan fingerprint density at radius 1 is 0.971 bits per heavy atom. The van der Waals surface area contributed by atoms with Gasteiger partial charge in [-0.1, -0.05) is 80.0 Å². The van der Waals surface area contributed by atoms with Crippen LogP contribution in [-0.2, 0) is 16.8 Å². The van der Waals surface area contributed by atoms with Gasteiger partial charge in [-0.25, -0.2) is 10.0 Å². The number of benzene rings is 3. The van der Waals surface area contributed by atoms with E-state index in [1.54, 1.807) is 7.11 Å². The molecule has 0 spiro atoms. The summed E-state index contributed by atoms with van der Waals surface area (Å²) in [6, 6.07) is 24.1. The number of para-hydroxylation sites is 1. The minimum Gasteiger partial charge on any atom is -0.497 e. The van der Waals surface area contributed by atoms with Crippen LogP contribution in [0.5, 0.6) is 5.75 Å². The van der Waals surface area contributed by atoms with Crippen molar-refractivity contribution < 1.29 is 9.53 Å². The number of rotatable bonds is 10. The molecule has 184 valence electrons. The van der Waals surface area contributed by atoms with Crippen LogP contribution in [0.3, 0.4) is 0 Å². The van der Waals surface area contributed by atoms with Crippen molar-refractivity contribution >= 4 is 23.2 Å². The summed E-state index contributed by atoms with van der Waals surface area (Å²) in [5.41, 5.74) is 3.19. The third kappa shape index (κ3) is 4.68. The highest BCUT2D eigenvalue weighted by molar-refractivity contribution is 6.31. The van der Waals surface area contributed by atoms with Crippen molar-refractivity contribution in [1.82, 2.24) is 9.91 Å². The van der Waals surface area contributed by atoms with Gasteiger partial charge >= 0.3 is 0 Å². The molecule has 0 N–H and O–H groups in total. The molecule has 0 saturated heterocycles. The van der Waals surface area contributed by atoms with Crippen molar-refractivity contribution in [1.29, 1.82) is 0 Å². The van der Waals surface area contributed by atoms with Crippen LogP contribution in [0.4, 0.5) is 5.69 Å². The first kappa shape index (κ1) is 25.2. The van der Waals surface area contributed by atoms with Crippen LogP contribution in [0.25, 0.3) is 0 Å². The minimum atomic E-state index is -0.752. The summed E-state index contributed by atoms with van der Waals surface area (Å²) in [7, 11) is 3.57. The van der Waals surface area contributed by atoms with E-state index in [9.17, 15) is 4.79 Å². The molecule has 3 aromatic rings. The van der Waals surface area contributed by atoms with Crippen LogP contribution >= 0.6 is 11.6 Å². The maximum Gasteiger partial charge on any atom is 0.256 e. The van der Waals surface area contributed by atoms with E-state index in [4.69, 9.17) is 16.3 Å². The van der Waals surface area contributed by atoms with Crippen LogP contribution in [0.1, 0.15) is 37.0 Å². The zero-order chi connectivity index (χ0) is 25.0. The molecule has 1 amide bonds. The second kappa shape index (κ2) is 10.8. The number of hydrogen-bond donors (Lipinski definition) is 0. The Balaban J connectivity index is 1.76. The van der Waals surface area contributed by atoms with Gasteiger partial charge in [0.05, 0.1) is 12.8 Å². The van der Waals surface area contributed by atoms with Crippen molar-refractivity contribution in [2.24, 2.45) is 0 Å². The quantitative estimate of drug-likeness (QED) is 0.361. The second-order valence-electron chi connectivity index (χ2n) is 8.96. The lowest BCUT2D eigenvalue weighted by atomic mass is 9.72. The van der Waals surface area contributed by atoms with Crippen molar-refractivity contribution in [3.63, 3.8) is 0 Å². The van der Waals surface area contributed by atoms with Gasteiger partial charge in [-0.2, -0.15) is 0 Å². The summed E-state index contributed by atoms with van der Waals surface area (Å²) in [6.07, 6.45) is 0.710. The lowest BCUT2D eigenvalue weighted by Crippen LogP contribution is -2.49. The van der Waals surface area contributed by atoms with Gasteiger partial charge in [0.15, 0.2) is 0 Å². The molecular weight excluding hydrogens is 458 g/mol. The lowest BCUT2D eigenvalue weighted by Gasteiger charge is -2.34. The molecule has 0 aromatic heterocycles. The lowest BCUT2D eigenvalue weighted by molar-refractivity contribution is -0.125. The molecule has 0 fully saturated rings. The van der Waals surface area contributed by atoms with E-state index in [1.807, 2.05) is 71.7 Å². The number of ether oxygens (including phenoxy) is 1. The van der Waals surface area contributed by atoms with E-state index in [-0.39, 0.29) is 5.91 Å². The third-order valence-corrected chi connectivity index (χ3v) is 7.47. The summed E-state index contributed by atoms with van der Waals surface area (Å²) in [5.74, 6) is 0.785. The summed E-state index contributed by atoms with van der Waals surface area (Å²) < 4.78 is 5.29. The molecule has 35 heavy (non-hydrogen) atoms. The molecule has 4 rings (SSSR count). The average Bonchev–Trinajstić information content (AvgIpc) is 3.14. The van der Waals surface area contributed by atoms with E-state index in [1.165, 1.54) is 0 Å². The monoisotopic (exact) mass is 491 g/mol.